The molecule has 0 aromatic heterocycles. The second kappa shape index (κ2) is 4.98. The maximum absolute atomic E-state index is 12.6. The fourth-order valence-electron chi connectivity index (χ4n) is 2.86. The van der Waals surface area contributed by atoms with Crippen LogP contribution in [0.3, 0.4) is 0 Å². The van der Waals surface area contributed by atoms with E-state index in [1.54, 1.807) is 16.4 Å². The predicted molar refractivity (Wildman–Crippen MR) is 76.9 cm³/mol. The molecular weight excluding hydrogens is 274 g/mol. The van der Waals surface area contributed by atoms with Crippen LogP contribution in [0.2, 0.25) is 0 Å². The minimum absolute atomic E-state index is 0.000207. The third-order valence-corrected chi connectivity index (χ3v) is 6.04. The summed E-state index contributed by atoms with van der Waals surface area (Å²) in [4.78, 5) is 0.364. The Morgan fingerprint density at radius 1 is 1.15 bits per heavy atom. The van der Waals surface area contributed by atoms with Crippen LogP contribution in [-0.2, 0) is 14.8 Å². The highest BCUT2D eigenvalue weighted by Crippen LogP contribution is 2.32. The monoisotopic (exact) mass is 293 g/mol. The Morgan fingerprint density at radius 3 is 2.50 bits per heavy atom. The standard InChI is InChI=1S/C15H19NO3S/c1-11-3-5-13(6-4-11)20(17,18)16-9-14-12(2)7-8-19-15(14)10-16/h3-7,14-15H,8-10H2,1-2H3/t14-,15-/m0/s1. The van der Waals surface area contributed by atoms with E-state index >= 15 is 0 Å². The first-order valence-electron chi connectivity index (χ1n) is 6.83. The van der Waals surface area contributed by atoms with Gasteiger partial charge in [-0.25, -0.2) is 8.42 Å². The van der Waals surface area contributed by atoms with Crippen molar-refractivity contribution in [3.8, 4) is 0 Å². The molecule has 0 unspecified atom stereocenters. The maximum atomic E-state index is 12.6. The van der Waals surface area contributed by atoms with Gasteiger partial charge < -0.3 is 4.74 Å². The van der Waals surface area contributed by atoms with Crippen molar-refractivity contribution in [2.24, 2.45) is 5.92 Å². The summed E-state index contributed by atoms with van der Waals surface area (Å²) in [6.07, 6.45) is 2.05. The number of ether oxygens (including phenoxy) is 1. The molecule has 2 aliphatic rings. The summed E-state index contributed by atoms with van der Waals surface area (Å²) in [5, 5.41) is 0. The van der Waals surface area contributed by atoms with Gasteiger partial charge in [0.15, 0.2) is 0 Å². The van der Waals surface area contributed by atoms with Crippen molar-refractivity contribution in [2.75, 3.05) is 19.7 Å². The van der Waals surface area contributed by atoms with E-state index in [9.17, 15) is 8.42 Å². The fourth-order valence-corrected chi connectivity index (χ4v) is 4.33. The topological polar surface area (TPSA) is 46.6 Å². The van der Waals surface area contributed by atoms with Crippen LogP contribution in [0.15, 0.2) is 40.8 Å². The highest BCUT2D eigenvalue weighted by atomic mass is 32.2. The Bertz CT molecular complexity index is 634. The molecule has 0 N–H and O–H groups in total. The smallest absolute Gasteiger partial charge is 0.243 e. The molecule has 1 saturated heterocycles. The van der Waals surface area contributed by atoms with Gasteiger partial charge in [0.1, 0.15) is 0 Å². The molecule has 1 fully saturated rings. The number of rotatable bonds is 2. The molecule has 3 rings (SSSR count). The number of hydrogen-bond acceptors (Lipinski definition) is 3. The lowest BCUT2D eigenvalue weighted by molar-refractivity contribution is 0.0532. The molecule has 2 atom stereocenters. The summed E-state index contributed by atoms with van der Waals surface area (Å²) in [5.41, 5.74) is 2.30. The van der Waals surface area contributed by atoms with Crippen LogP contribution in [0, 0.1) is 12.8 Å². The van der Waals surface area contributed by atoms with Gasteiger partial charge in [-0.05, 0) is 26.0 Å². The van der Waals surface area contributed by atoms with Gasteiger partial charge in [-0.3, -0.25) is 0 Å². The van der Waals surface area contributed by atoms with Gasteiger partial charge in [-0.2, -0.15) is 4.31 Å². The first-order chi connectivity index (χ1) is 9.48. The molecule has 108 valence electrons. The lowest BCUT2D eigenvalue weighted by Gasteiger charge is -2.23. The van der Waals surface area contributed by atoms with Gasteiger partial charge in [0, 0.05) is 19.0 Å². The molecule has 1 aromatic carbocycles. The molecule has 0 radical (unpaired) electrons. The van der Waals surface area contributed by atoms with Crippen LogP contribution in [0.5, 0.6) is 0 Å². The van der Waals surface area contributed by atoms with Crippen molar-refractivity contribution in [3.63, 3.8) is 0 Å². The van der Waals surface area contributed by atoms with Crippen molar-refractivity contribution < 1.29 is 13.2 Å². The van der Waals surface area contributed by atoms with E-state index in [4.69, 9.17) is 4.74 Å². The zero-order valence-electron chi connectivity index (χ0n) is 11.7. The van der Waals surface area contributed by atoms with Crippen LogP contribution in [0.4, 0.5) is 0 Å². The third-order valence-electron chi connectivity index (χ3n) is 4.19. The largest absolute Gasteiger partial charge is 0.372 e. The number of nitrogens with zero attached hydrogens (tertiary/aromatic N) is 1. The van der Waals surface area contributed by atoms with Crippen LogP contribution in [0.1, 0.15) is 12.5 Å². The summed E-state index contributed by atoms with van der Waals surface area (Å²) < 4.78 is 32.5. The second-order valence-corrected chi connectivity index (χ2v) is 7.50. The Balaban J connectivity index is 1.87. The third kappa shape index (κ3) is 2.30. The average Bonchev–Trinajstić information content (AvgIpc) is 2.85. The quantitative estimate of drug-likeness (QED) is 0.783. The minimum Gasteiger partial charge on any atom is -0.372 e. The lowest BCUT2D eigenvalue weighted by atomic mass is 9.95. The first kappa shape index (κ1) is 13.8. The summed E-state index contributed by atoms with van der Waals surface area (Å²) >= 11 is 0. The van der Waals surface area contributed by atoms with Gasteiger partial charge in [0.05, 0.1) is 17.6 Å². The second-order valence-electron chi connectivity index (χ2n) is 5.56. The number of hydrogen-bond donors (Lipinski definition) is 0. The van der Waals surface area contributed by atoms with Crippen molar-refractivity contribution >= 4 is 10.0 Å². The molecule has 0 saturated carbocycles. The maximum Gasteiger partial charge on any atom is 0.243 e. The molecule has 0 aliphatic carbocycles. The summed E-state index contributed by atoms with van der Waals surface area (Å²) in [6, 6.07) is 7.02. The molecule has 1 aromatic rings. The van der Waals surface area contributed by atoms with Crippen LogP contribution < -0.4 is 0 Å². The highest BCUT2D eigenvalue weighted by Gasteiger charge is 2.41. The van der Waals surface area contributed by atoms with E-state index in [1.807, 2.05) is 25.1 Å². The predicted octanol–water partition coefficient (Wildman–Crippen LogP) is 1.96. The van der Waals surface area contributed by atoms with Crippen LogP contribution in [-0.4, -0.2) is 38.5 Å². The van der Waals surface area contributed by atoms with Crippen molar-refractivity contribution in [2.45, 2.75) is 24.8 Å². The zero-order valence-corrected chi connectivity index (χ0v) is 12.6. The Kier molecular flexibility index (Phi) is 3.44. The Hall–Kier alpha value is -1.17. The van der Waals surface area contributed by atoms with Gasteiger partial charge in [0.25, 0.3) is 0 Å². The van der Waals surface area contributed by atoms with E-state index in [0.29, 0.717) is 24.6 Å². The van der Waals surface area contributed by atoms with Gasteiger partial charge in [-0.1, -0.05) is 29.3 Å². The van der Waals surface area contributed by atoms with E-state index in [1.165, 1.54) is 5.57 Å². The van der Waals surface area contributed by atoms with E-state index < -0.39 is 10.0 Å². The number of fused-ring (bicyclic) bond motifs is 1. The van der Waals surface area contributed by atoms with E-state index in [2.05, 4.69) is 6.92 Å². The molecule has 2 heterocycles. The Morgan fingerprint density at radius 2 is 1.85 bits per heavy atom. The van der Waals surface area contributed by atoms with E-state index in [-0.39, 0.29) is 12.0 Å². The molecule has 0 amide bonds. The van der Waals surface area contributed by atoms with Crippen molar-refractivity contribution in [3.05, 3.63) is 41.5 Å². The summed E-state index contributed by atoms with van der Waals surface area (Å²) in [7, 11) is -3.41. The van der Waals surface area contributed by atoms with Crippen molar-refractivity contribution in [1.82, 2.24) is 4.31 Å². The fraction of sp³-hybridized carbons (Fsp3) is 0.467. The summed E-state index contributed by atoms with van der Waals surface area (Å²) in [5.74, 6) is 0.198. The minimum atomic E-state index is -3.41. The van der Waals surface area contributed by atoms with Crippen LogP contribution >= 0.6 is 0 Å². The molecule has 5 heteroatoms. The molecule has 0 spiro atoms. The molecule has 0 bridgehead atoms. The van der Waals surface area contributed by atoms with Gasteiger partial charge >= 0.3 is 0 Å². The van der Waals surface area contributed by atoms with Gasteiger partial charge in [0.2, 0.25) is 10.0 Å². The van der Waals surface area contributed by atoms with E-state index in [0.717, 1.165) is 5.56 Å². The first-order valence-corrected chi connectivity index (χ1v) is 8.27. The number of aryl methyl sites for hydroxylation is 1. The lowest BCUT2D eigenvalue weighted by Crippen LogP contribution is -2.30. The normalized spacial score (nSPS) is 27.2. The molecule has 20 heavy (non-hydrogen) atoms. The number of sulfonamides is 1. The number of benzene rings is 1. The average molecular weight is 293 g/mol. The molecule has 4 nitrogen and oxygen atoms in total. The highest BCUT2D eigenvalue weighted by molar-refractivity contribution is 7.89. The molecular formula is C15H19NO3S. The SMILES string of the molecule is CC1=CCO[C@H]2CN(S(=O)(=O)c3ccc(C)cc3)C[C@@H]12. The van der Waals surface area contributed by atoms with Crippen LogP contribution in [0.25, 0.3) is 0 Å². The zero-order chi connectivity index (χ0) is 14.3. The molecule has 2 aliphatic heterocycles. The Labute approximate surface area is 120 Å². The summed E-state index contributed by atoms with van der Waals surface area (Å²) in [6.45, 7) is 5.56. The van der Waals surface area contributed by atoms with Crippen molar-refractivity contribution in [1.29, 1.82) is 0 Å². The van der Waals surface area contributed by atoms with Gasteiger partial charge in [-0.15, -0.1) is 0 Å².